The molecule has 0 aliphatic carbocycles. The minimum Gasteiger partial charge on any atom is -0.508 e. The number of phenolic OH excluding ortho intramolecular Hbond substituents is 1. The van der Waals surface area contributed by atoms with E-state index in [0.717, 1.165) is 24.0 Å². The van der Waals surface area contributed by atoms with Crippen molar-refractivity contribution in [2.75, 3.05) is 5.32 Å². The normalized spacial score (nSPS) is 11.6. The largest absolute Gasteiger partial charge is 0.508 e. The van der Waals surface area contributed by atoms with Gasteiger partial charge in [0, 0.05) is 11.7 Å². The summed E-state index contributed by atoms with van der Waals surface area (Å²) in [5.41, 5.74) is 2.47. The number of nitrogens with one attached hydrogen (secondary N) is 2. The Hall–Kier alpha value is -3.02. The lowest BCUT2D eigenvalue weighted by atomic mass is 10.1. The van der Waals surface area contributed by atoms with Gasteiger partial charge in [0.05, 0.1) is 5.56 Å². The minimum absolute atomic E-state index is 0.0586. The van der Waals surface area contributed by atoms with Crippen LogP contribution in [0.25, 0.3) is 0 Å². The summed E-state index contributed by atoms with van der Waals surface area (Å²) >= 11 is 0. The van der Waals surface area contributed by atoms with E-state index in [9.17, 15) is 14.7 Å². The van der Waals surface area contributed by atoms with Gasteiger partial charge in [0.15, 0.2) is 0 Å². The molecule has 4 N–H and O–H groups in total. The molecule has 0 spiro atoms. The average molecular weight is 342 g/mol. The van der Waals surface area contributed by atoms with E-state index in [1.807, 2.05) is 19.1 Å². The summed E-state index contributed by atoms with van der Waals surface area (Å²) in [5, 5.41) is 23.8. The number of aromatic hydroxyl groups is 1. The van der Waals surface area contributed by atoms with Gasteiger partial charge in [-0.05, 0) is 62.1 Å². The zero-order valence-corrected chi connectivity index (χ0v) is 14.2. The maximum absolute atomic E-state index is 12.1. The van der Waals surface area contributed by atoms with E-state index in [2.05, 4.69) is 10.6 Å². The first-order chi connectivity index (χ1) is 11.8. The first kappa shape index (κ1) is 18.3. The van der Waals surface area contributed by atoms with Crippen molar-refractivity contribution in [2.45, 2.75) is 32.7 Å². The van der Waals surface area contributed by atoms with Gasteiger partial charge in [-0.3, -0.25) is 0 Å². The number of carboxylic acids is 1. The molecule has 25 heavy (non-hydrogen) atoms. The number of anilines is 1. The number of hydrogen-bond donors (Lipinski definition) is 4. The first-order valence-electron chi connectivity index (χ1n) is 8.04. The van der Waals surface area contributed by atoms with Crippen molar-refractivity contribution in [2.24, 2.45) is 0 Å². The maximum atomic E-state index is 12.1. The van der Waals surface area contributed by atoms with Gasteiger partial charge in [0.2, 0.25) is 0 Å². The summed E-state index contributed by atoms with van der Waals surface area (Å²) in [4.78, 5) is 23.1. The van der Waals surface area contributed by atoms with Gasteiger partial charge in [-0.1, -0.05) is 18.2 Å². The summed E-state index contributed by atoms with van der Waals surface area (Å²) in [6.45, 7) is 3.70. The molecule has 2 aromatic rings. The molecule has 0 heterocycles. The zero-order chi connectivity index (χ0) is 18.4. The fourth-order valence-corrected chi connectivity index (χ4v) is 2.39. The van der Waals surface area contributed by atoms with Crippen molar-refractivity contribution >= 4 is 17.7 Å². The summed E-state index contributed by atoms with van der Waals surface area (Å²) in [6, 6.07) is 11.1. The van der Waals surface area contributed by atoms with Crippen LogP contribution in [-0.4, -0.2) is 28.3 Å². The number of urea groups is 1. The molecular formula is C19H22N2O4. The fraction of sp³-hybridized carbons (Fsp3) is 0.263. The van der Waals surface area contributed by atoms with E-state index in [1.165, 1.54) is 12.1 Å². The Labute approximate surface area is 146 Å². The van der Waals surface area contributed by atoms with E-state index in [1.54, 1.807) is 25.1 Å². The smallest absolute Gasteiger partial charge is 0.335 e. The Bertz CT molecular complexity index is 757. The van der Waals surface area contributed by atoms with Gasteiger partial charge in [0.1, 0.15) is 5.75 Å². The van der Waals surface area contributed by atoms with Crippen LogP contribution in [-0.2, 0) is 6.42 Å². The number of aromatic carboxylic acids is 1. The first-order valence-corrected chi connectivity index (χ1v) is 8.04. The molecule has 1 atom stereocenters. The molecule has 6 heteroatoms. The second-order valence-electron chi connectivity index (χ2n) is 6.04. The number of amides is 2. The van der Waals surface area contributed by atoms with Gasteiger partial charge in [-0.2, -0.15) is 0 Å². The lowest BCUT2D eigenvalue weighted by Crippen LogP contribution is -2.36. The van der Waals surface area contributed by atoms with E-state index >= 15 is 0 Å². The summed E-state index contributed by atoms with van der Waals surface area (Å²) < 4.78 is 0. The predicted octanol–water partition coefficient (Wildman–Crippen LogP) is 3.54. The van der Waals surface area contributed by atoms with E-state index in [-0.39, 0.29) is 23.4 Å². The predicted molar refractivity (Wildman–Crippen MR) is 96.2 cm³/mol. The van der Waals surface area contributed by atoms with Crippen molar-refractivity contribution in [1.82, 2.24) is 5.32 Å². The van der Waals surface area contributed by atoms with Gasteiger partial charge < -0.3 is 20.8 Å². The average Bonchev–Trinajstić information content (AvgIpc) is 2.56. The molecule has 6 nitrogen and oxygen atoms in total. The van der Waals surface area contributed by atoms with Crippen LogP contribution in [0.15, 0.2) is 42.5 Å². The van der Waals surface area contributed by atoms with Crippen molar-refractivity contribution in [3.8, 4) is 5.75 Å². The molecule has 2 amide bonds. The highest BCUT2D eigenvalue weighted by Crippen LogP contribution is 2.17. The standard InChI is InChI=1S/C19H22N2O4/c1-12-3-8-15(18(23)24)11-17(12)21-19(25)20-13(2)4-5-14-6-9-16(22)10-7-14/h3,6-11,13,22H,4-5H2,1-2H3,(H,23,24)(H2,20,21,25)/t13-/m0/s1. The Morgan fingerprint density at radius 3 is 2.44 bits per heavy atom. The highest BCUT2D eigenvalue weighted by molar-refractivity contribution is 5.94. The molecule has 2 aromatic carbocycles. The van der Waals surface area contributed by atoms with Crippen LogP contribution < -0.4 is 10.6 Å². The molecule has 0 unspecified atom stereocenters. The van der Waals surface area contributed by atoms with Gasteiger partial charge in [-0.25, -0.2) is 9.59 Å². The van der Waals surface area contributed by atoms with Gasteiger partial charge >= 0.3 is 12.0 Å². The zero-order valence-electron chi connectivity index (χ0n) is 14.2. The quantitative estimate of drug-likeness (QED) is 0.645. The number of carboxylic acid groups (broad SMARTS) is 1. The Morgan fingerprint density at radius 2 is 1.80 bits per heavy atom. The molecule has 0 aliphatic rings. The SMILES string of the molecule is Cc1ccc(C(=O)O)cc1NC(=O)N[C@@H](C)CCc1ccc(O)cc1. The molecule has 0 aliphatic heterocycles. The molecule has 0 radical (unpaired) electrons. The molecule has 2 rings (SSSR count). The second-order valence-corrected chi connectivity index (χ2v) is 6.04. The van der Waals surface area contributed by atoms with Crippen LogP contribution >= 0.6 is 0 Å². The number of aryl methyl sites for hydroxylation is 2. The number of benzene rings is 2. The van der Waals surface area contributed by atoms with Crippen LogP contribution in [0.1, 0.15) is 34.8 Å². The number of rotatable bonds is 6. The number of phenols is 1. The minimum atomic E-state index is -1.04. The second kappa shape index (κ2) is 8.19. The highest BCUT2D eigenvalue weighted by atomic mass is 16.4. The topological polar surface area (TPSA) is 98.7 Å². The van der Waals surface area contributed by atoms with Crippen LogP contribution in [0.3, 0.4) is 0 Å². The van der Waals surface area contributed by atoms with Gasteiger partial charge in [0.25, 0.3) is 0 Å². The van der Waals surface area contributed by atoms with Crippen LogP contribution in [0, 0.1) is 6.92 Å². The highest BCUT2D eigenvalue weighted by Gasteiger charge is 2.11. The summed E-state index contributed by atoms with van der Waals surface area (Å²) in [5.74, 6) is -0.806. The van der Waals surface area contributed by atoms with Crippen LogP contribution in [0.2, 0.25) is 0 Å². The molecule has 0 saturated carbocycles. The monoisotopic (exact) mass is 342 g/mol. The van der Waals surface area contributed by atoms with Gasteiger partial charge in [-0.15, -0.1) is 0 Å². The molecule has 132 valence electrons. The van der Waals surface area contributed by atoms with E-state index < -0.39 is 5.97 Å². The van der Waals surface area contributed by atoms with Crippen molar-refractivity contribution in [3.63, 3.8) is 0 Å². The molecular weight excluding hydrogens is 320 g/mol. The van der Waals surface area contributed by atoms with Crippen LogP contribution in [0.5, 0.6) is 5.75 Å². The number of carbonyl (C=O) groups is 2. The third-order valence-electron chi connectivity index (χ3n) is 3.91. The molecule has 0 saturated heterocycles. The fourth-order valence-electron chi connectivity index (χ4n) is 2.39. The molecule has 0 aromatic heterocycles. The number of hydrogen-bond acceptors (Lipinski definition) is 3. The molecule has 0 bridgehead atoms. The van der Waals surface area contributed by atoms with E-state index in [0.29, 0.717) is 5.69 Å². The Kier molecular flexibility index (Phi) is 6.00. The Balaban J connectivity index is 1.88. The summed E-state index contributed by atoms with van der Waals surface area (Å²) in [6.07, 6.45) is 1.52. The lowest BCUT2D eigenvalue weighted by molar-refractivity contribution is 0.0697. The Morgan fingerprint density at radius 1 is 1.12 bits per heavy atom. The lowest BCUT2D eigenvalue weighted by Gasteiger charge is -2.16. The van der Waals surface area contributed by atoms with Crippen LogP contribution in [0.4, 0.5) is 10.5 Å². The third-order valence-corrected chi connectivity index (χ3v) is 3.91. The summed E-state index contributed by atoms with van der Waals surface area (Å²) in [7, 11) is 0. The maximum Gasteiger partial charge on any atom is 0.335 e. The van der Waals surface area contributed by atoms with Crippen molar-refractivity contribution in [3.05, 3.63) is 59.2 Å². The van der Waals surface area contributed by atoms with Crippen molar-refractivity contribution in [1.29, 1.82) is 0 Å². The number of carbonyl (C=O) groups excluding carboxylic acids is 1. The third kappa shape index (κ3) is 5.53. The van der Waals surface area contributed by atoms with E-state index in [4.69, 9.17) is 5.11 Å². The van der Waals surface area contributed by atoms with Crippen molar-refractivity contribution < 1.29 is 19.8 Å². The molecule has 0 fully saturated rings.